The first-order valence-electron chi connectivity index (χ1n) is 6.30. The van der Waals surface area contributed by atoms with Gasteiger partial charge in [0.2, 0.25) is 5.91 Å². The third kappa shape index (κ3) is 2.13. The quantitative estimate of drug-likeness (QED) is 0.841. The zero-order valence-electron chi connectivity index (χ0n) is 10.5. The molecule has 2 saturated heterocycles. The lowest BCUT2D eigenvalue weighted by Crippen LogP contribution is -2.32. The van der Waals surface area contributed by atoms with Gasteiger partial charge in [-0.1, -0.05) is 30.3 Å². The van der Waals surface area contributed by atoms with Crippen LogP contribution in [0.4, 0.5) is 0 Å². The van der Waals surface area contributed by atoms with E-state index in [-0.39, 0.29) is 24.4 Å². The fourth-order valence-electron chi connectivity index (χ4n) is 3.32. The minimum atomic E-state index is 0. The number of fused-ring (bicyclic) bond motifs is 1. The number of carbonyl (C=O) groups is 1. The van der Waals surface area contributed by atoms with Gasteiger partial charge in [-0.25, -0.2) is 0 Å². The van der Waals surface area contributed by atoms with E-state index >= 15 is 0 Å². The van der Waals surface area contributed by atoms with E-state index in [1.54, 1.807) is 6.92 Å². The van der Waals surface area contributed by atoms with Gasteiger partial charge in [0.15, 0.2) is 0 Å². The van der Waals surface area contributed by atoms with E-state index in [0.717, 1.165) is 19.6 Å². The van der Waals surface area contributed by atoms with Gasteiger partial charge in [-0.2, -0.15) is 0 Å². The predicted molar refractivity (Wildman–Crippen MR) is 73.7 cm³/mol. The summed E-state index contributed by atoms with van der Waals surface area (Å²) < 4.78 is 0. The predicted octanol–water partition coefficient (Wildman–Crippen LogP) is 1.85. The first-order chi connectivity index (χ1) is 8.27. The highest BCUT2D eigenvalue weighted by Gasteiger charge is 2.45. The molecule has 1 aromatic rings. The van der Waals surface area contributed by atoms with Crippen molar-refractivity contribution in [3.63, 3.8) is 0 Å². The number of hydrogen-bond donors (Lipinski definition) is 1. The summed E-state index contributed by atoms with van der Waals surface area (Å²) in [5.41, 5.74) is 1.28. The van der Waals surface area contributed by atoms with Crippen LogP contribution in [0.5, 0.6) is 0 Å². The first-order valence-corrected chi connectivity index (χ1v) is 6.30. The highest BCUT2D eigenvalue weighted by molar-refractivity contribution is 5.85. The van der Waals surface area contributed by atoms with Crippen LogP contribution in [0.2, 0.25) is 0 Å². The highest BCUT2D eigenvalue weighted by atomic mass is 35.5. The minimum Gasteiger partial charge on any atom is -0.335 e. The summed E-state index contributed by atoms with van der Waals surface area (Å²) in [5.74, 6) is 1.42. The van der Waals surface area contributed by atoms with Crippen LogP contribution < -0.4 is 5.32 Å². The number of amides is 1. The summed E-state index contributed by atoms with van der Waals surface area (Å²) in [6.07, 6.45) is 0. The molecule has 0 saturated carbocycles. The van der Waals surface area contributed by atoms with E-state index in [0.29, 0.717) is 11.8 Å². The molecule has 1 N–H and O–H groups in total. The number of likely N-dealkylation sites (tertiary alicyclic amines) is 1. The number of benzene rings is 1. The number of rotatable bonds is 1. The van der Waals surface area contributed by atoms with Crippen molar-refractivity contribution >= 4 is 18.3 Å². The fourth-order valence-corrected chi connectivity index (χ4v) is 3.32. The number of hydrogen-bond acceptors (Lipinski definition) is 2. The molecule has 3 atom stereocenters. The average molecular weight is 267 g/mol. The van der Waals surface area contributed by atoms with Crippen molar-refractivity contribution in [1.29, 1.82) is 0 Å². The molecule has 18 heavy (non-hydrogen) atoms. The van der Waals surface area contributed by atoms with Crippen LogP contribution in [0.1, 0.15) is 18.5 Å². The molecule has 2 fully saturated rings. The van der Waals surface area contributed by atoms with Crippen molar-refractivity contribution in [1.82, 2.24) is 10.2 Å². The summed E-state index contributed by atoms with van der Waals surface area (Å²) in [6, 6.07) is 10.7. The summed E-state index contributed by atoms with van der Waals surface area (Å²) in [7, 11) is 0. The molecule has 0 unspecified atom stereocenters. The zero-order chi connectivity index (χ0) is 11.8. The van der Waals surface area contributed by atoms with Crippen molar-refractivity contribution in [2.24, 2.45) is 11.8 Å². The summed E-state index contributed by atoms with van der Waals surface area (Å²) in [6.45, 7) is 4.68. The molecule has 1 amide bonds. The van der Waals surface area contributed by atoms with Gasteiger partial charge in [-0.05, 0) is 11.5 Å². The van der Waals surface area contributed by atoms with Crippen LogP contribution >= 0.6 is 12.4 Å². The molecule has 0 bridgehead atoms. The van der Waals surface area contributed by atoms with Crippen LogP contribution in [-0.4, -0.2) is 30.4 Å². The number of nitrogens with one attached hydrogen (secondary N) is 1. The highest BCUT2D eigenvalue weighted by Crippen LogP contribution is 2.42. The molecule has 2 aliphatic rings. The summed E-state index contributed by atoms with van der Waals surface area (Å²) >= 11 is 0. The van der Waals surface area contributed by atoms with Gasteiger partial charge in [0.1, 0.15) is 0 Å². The largest absolute Gasteiger partial charge is 0.335 e. The molecule has 0 aliphatic carbocycles. The molecular weight excluding hydrogens is 248 g/mol. The van der Waals surface area contributed by atoms with E-state index in [2.05, 4.69) is 29.6 Å². The van der Waals surface area contributed by atoms with Gasteiger partial charge in [0.05, 0.1) is 6.04 Å². The third-order valence-corrected chi connectivity index (χ3v) is 4.11. The second kappa shape index (κ2) is 5.29. The molecule has 4 heteroatoms. The van der Waals surface area contributed by atoms with Crippen molar-refractivity contribution in [3.8, 4) is 0 Å². The summed E-state index contributed by atoms with van der Waals surface area (Å²) in [4.78, 5) is 13.8. The second-order valence-electron chi connectivity index (χ2n) is 5.11. The van der Waals surface area contributed by atoms with E-state index in [1.165, 1.54) is 5.56 Å². The van der Waals surface area contributed by atoms with Gasteiger partial charge in [-0.15, -0.1) is 12.4 Å². The molecule has 98 valence electrons. The van der Waals surface area contributed by atoms with Crippen LogP contribution in [0.3, 0.4) is 0 Å². The topological polar surface area (TPSA) is 32.3 Å². The second-order valence-corrected chi connectivity index (χ2v) is 5.11. The van der Waals surface area contributed by atoms with Crippen molar-refractivity contribution < 1.29 is 4.79 Å². The molecule has 2 heterocycles. The Morgan fingerprint density at radius 2 is 2.00 bits per heavy atom. The van der Waals surface area contributed by atoms with Crippen molar-refractivity contribution in [2.75, 3.05) is 19.6 Å². The third-order valence-electron chi connectivity index (χ3n) is 4.11. The van der Waals surface area contributed by atoms with E-state index in [4.69, 9.17) is 0 Å². The fraction of sp³-hybridized carbons (Fsp3) is 0.500. The molecule has 3 rings (SSSR count). The van der Waals surface area contributed by atoms with Gasteiger partial charge in [0.25, 0.3) is 0 Å². The van der Waals surface area contributed by atoms with Crippen LogP contribution in [-0.2, 0) is 4.79 Å². The Morgan fingerprint density at radius 1 is 1.28 bits per heavy atom. The Bertz CT molecular complexity index is 423. The van der Waals surface area contributed by atoms with E-state index in [1.807, 2.05) is 11.0 Å². The molecule has 3 nitrogen and oxygen atoms in total. The number of halogens is 1. The van der Waals surface area contributed by atoms with Gasteiger partial charge >= 0.3 is 0 Å². The monoisotopic (exact) mass is 266 g/mol. The Morgan fingerprint density at radius 3 is 2.67 bits per heavy atom. The Kier molecular flexibility index (Phi) is 3.93. The van der Waals surface area contributed by atoms with E-state index in [9.17, 15) is 4.79 Å². The molecule has 0 spiro atoms. The molecule has 0 radical (unpaired) electrons. The maximum Gasteiger partial charge on any atom is 0.219 e. The van der Waals surface area contributed by atoms with Crippen LogP contribution in [0.15, 0.2) is 30.3 Å². The van der Waals surface area contributed by atoms with Gasteiger partial charge in [-0.3, -0.25) is 4.79 Å². The minimum absolute atomic E-state index is 0. The summed E-state index contributed by atoms with van der Waals surface area (Å²) in [5, 5.41) is 3.45. The standard InChI is InChI=1S/C14H18N2O.ClH/c1-10(17)16-9-12-7-15-8-13(12)14(16)11-5-3-2-4-6-11;/h2-6,12-15H,7-9H2,1H3;1H/t12-,13-,14+;/m1./s1. The maximum absolute atomic E-state index is 11.8. The Hall–Kier alpha value is -1.06. The SMILES string of the molecule is CC(=O)N1C[C@H]2CNC[C@H]2[C@@H]1c1ccccc1.Cl. The molecule has 0 aromatic heterocycles. The Balaban J connectivity index is 0.00000120. The molecular formula is C14H19ClN2O. The smallest absolute Gasteiger partial charge is 0.219 e. The van der Waals surface area contributed by atoms with Crippen LogP contribution in [0.25, 0.3) is 0 Å². The maximum atomic E-state index is 11.8. The van der Waals surface area contributed by atoms with Crippen molar-refractivity contribution in [3.05, 3.63) is 35.9 Å². The van der Waals surface area contributed by atoms with Gasteiger partial charge in [0, 0.05) is 32.5 Å². The average Bonchev–Trinajstić information content (AvgIpc) is 2.89. The van der Waals surface area contributed by atoms with Gasteiger partial charge < -0.3 is 10.2 Å². The lowest BCUT2D eigenvalue weighted by molar-refractivity contribution is -0.130. The zero-order valence-corrected chi connectivity index (χ0v) is 11.3. The first kappa shape index (κ1) is 13.4. The Labute approximate surface area is 114 Å². The molecule has 2 aliphatic heterocycles. The lowest BCUT2D eigenvalue weighted by atomic mass is 9.89. The number of carbonyl (C=O) groups excluding carboxylic acids is 1. The van der Waals surface area contributed by atoms with E-state index < -0.39 is 0 Å². The number of nitrogens with zero attached hydrogens (tertiary/aromatic N) is 1. The lowest BCUT2D eigenvalue weighted by Gasteiger charge is -2.27. The van der Waals surface area contributed by atoms with Crippen LogP contribution in [0, 0.1) is 11.8 Å². The van der Waals surface area contributed by atoms with Crippen molar-refractivity contribution in [2.45, 2.75) is 13.0 Å². The molecule has 1 aromatic carbocycles. The normalized spacial score (nSPS) is 29.8.